The molecule has 0 spiro atoms. The number of rotatable bonds is 4. The minimum atomic E-state index is -1.69. The van der Waals surface area contributed by atoms with Gasteiger partial charge in [0.15, 0.2) is 11.9 Å². The SMILES string of the molecule is C[C@@]12C[C@@H](c3ccoc3)OC(=O)C1CC[C@]1(C)[C@H]2[C@H]2C=C[C@]1(O[C@@H]1O[C@H](CO)[C@@H](O)[C@H](O)[C@H]1O)C(=O)O2. The Balaban J connectivity index is 1.38. The normalized spacial score (nSPS) is 50.7. The molecule has 1 aromatic heterocycles. The van der Waals surface area contributed by atoms with Crippen molar-refractivity contribution in [3.8, 4) is 0 Å². The Hall–Kier alpha value is -2.28. The van der Waals surface area contributed by atoms with Gasteiger partial charge in [-0.25, -0.2) is 4.79 Å². The van der Waals surface area contributed by atoms with Crippen molar-refractivity contribution >= 4 is 11.9 Å². The van der Waals surface area contributed by atoms with E-state index in [1.807, 2.05) is 13.8 Å². The summed E-state index contributed by atoms with van der Waals surface area (Å²) in [6.07, 6.45) is -0.916. The van der Waals surface area contributed by atoms with Crippen LogP contribution in [0.15, 0.2) is 35.2 Å². The Labute approximate surface area is 212 Å². The van der Waals surface area contributed by atoms with E-state index in [4.69, 9.17) is 23.4 Å². The fraction of sp³-hybridized carbons (Fsp3) is 0.692. The van der Waals surface area contributed by atoms with Gasteiger partial charge in [-0.2, -0.15) is 0 Å². The third-order valence-electron chi connectivity index (χ3n) is 9.62. The Morgan fingerprint density at radius 2 is 1.89 bits per heavy atom. The largest absolute Gasteiger partial charge is 0.472 e. The first kappa shape index (κ1) is 25.0. The maximum absolute atomic E-state index is 13.5. The van der Waals surface area contributed by atoms with Crippen LogP contribution in [0, 0.1) is 22.7 Å². The smallest absolute Gasteiger partial charge is 0.343 e. The molecule has 1 unspecified atom stereocenters. The first-order chi connectivity index (χ1) is 17.6. The van der Waals surface area contributed by atoms with Gasteiger partial charge in [0.1, 0.15) is 36.6 Å². The van der Waals surface area contributed by atoms with E-state index in [0.717, 1.165) is 5.56 Å². The van der Waals surface area contributed by atoms with Crippen LogP contribution in [0.4, 0.5) is 0 Å². The monoisotopic (exact) mass is 520 g/mol. The van der Waals surface area contributed by atoms with Gasteiger partial charge in [-0.05, 0) is 42.9 Å². The Morgan fingerprint density at radius 1 is 1.11 bits per heavy atom. The average molecular weight is 521 g/mol. The number of hydrogen-bond acceptors (Lipinski definition) is 11. The van der Waals surface area contributed by atoms with E-state index in [0.29, 0.717) is 19.3 Å². The van der Waals surface area contributed by atoms with Crippen molar-refractivity contribution in [2.75, 3.05) is 6.61 Å². The van der Waals surface area contributed by atoms with Gasteiger partial charge in [0.2, 0.25) is 0 Å². The van der Waals surface area contributed by atoms with Gasteiger partial charge < -0.3 is 43.8 Å². The molecule has 6 aliphatic rings. The van der Waals surface area contributed by atoms with Gasteiger partial charge in [-0.15, -0.1) is 0 Å². The molecule has 0 amide bonds. The molecule has 1 saturated carbocycles. The van der Waals surface area contributed by atoms with E-state index in [1.54, 1.807) is 24.5 Å². The van der Waals surface area contributed by atoms with Crippen molar-refractivity contribution in [3.63, 3.8) is 0 Å². The maximum atomic E-state index is 13.5. The number of aliphatic hydroxyl groups is 4. The lowest BCUT2D eigenvalue weighted by Crippen LogP contribution is -2.74. The molecule has 0 radical (unpaired) electrons. The highest BCUT2D eigenvalue weighted by Crippen LogP contribution is 2.68. The van der Waals surface area contributed by atoms with Crippen LogP contribution in [-0.2, 0) is 28.5 Å². The second-order valence-corrected chi connectivity index (χ2v) is 11.5. The van der Waals surface area contributed by atoms with Crippen LogP contribution in [-0.4, -0.2) is 81.4 Å². The summed E-state index contributed by atoms with van der Waals surface area (Å²) in [7, 11) is 0. The lowest BCUT2D eigenvalue weighted by molar-refractivity contribution is -0.350. The fourth-order valence-corrected chi connectivity index (χ4v) is 7.71. The van der Waals surface area contributed by atoms with Gasteiger partial charge >= 0.3 is 11.9 Å². The van der Waals surface area contributed by atoms with Crippen LogP contribution in [0.2, 0.25) is 0 Å². The highest BCUT2D eigenvalue weighted by Gasteiger charge is 2.74. The number of carbonyl (C=O) groups is 2. The summed E-state index contributed by atoms with van der Waals surface area (Å²) in [6.45, 7) is 3.32. The molecule has 2 bridgehead atoms. The van der Waals surface area contributed by atoms with Crippen LogP contribution < -0.4 is 0 Å². The molecule has 7 rings (SSSR count). The molecular formula is C26H32O11. The van der Waals surface area contributed by atoms with Crippen LogP contribution in [0.5, 0.6) is 0 Å². The number of furan rings is 1. The minimum absolute atomic E-state index is 0.303. The van der Waals surface area contributed by atoms with Crippen molar-refractivity contribution in [1.82, 2.24) is 0 Å². The number of ether oxygens (including phenoxy) is 4. The third kappa shape index (κ3) is 3.28. The third-order valence-corrected chi connectivity index (χ3v) is 9.62. The summed E-state index contributed by atoms with van der Waals surface area (Å²) in [4.78, 5) is 26.7. The number of fused-ring (bicyclic) bond motifs is 2. The number of carbonyl (C=O) groups excluding carboxylic acids is 2. The Bertz CT molecular complexity index is 1100. The topological polar surface area (TPSA) is 165 Å². The first-order valence-electron chi connectivity index (χ1n) is 12.7. The molecule has 4 N–H and O–H groups in total. The summed E-state index contributed by atoms with van der Waals surface area (Å²) < 4.78 is 28.7. The zero-order valence-electron chi connectivity index (χ0n) is 20.6. The van der Waals surface area contributed by atoms with E-state index in [-0.39, 0.29) is 11.9 Å². The second-order valence-electron chi connectivity index (χ2n) is 11.5. The number of aliphatic hydroxyl groups excluding tert-OH is 4. The standard InChI is InChI=1S/C26H32O11/c1-24-9-15(12-5-8-33-11-12)34-21(31)13(24)3-6-25(2)20(24)14-4-7-26(25,23(32)36-14)37-22-19(30)18(29)17(28)16(10-27)35-22/h4-5,7-8,11,13-20,22,27-30H,3,6,9-10H2,1-2H3/t13?,14-,15+,16-,17-,18+,19-,20+,22+,24-,25-,26+/m1/s1. The zero-order valence-corrected chi connectivity index (χ0v) is 20.6. The quantitative estimate of drug-likeness (QED) is 0.320. The van der Waals surface area contributed by atoms with Crippen molar-refractivity contribution in [2.24, 2.45) is 22.7 Å². The number of cyclic esters (lactones) is 1. The summed E-state index contributed by atoms with van der Waals surface area (Å²) in [5, 5.41) is 40.8. The molecule has 2 aliphatic carbocycles. The Kier molecular flexibility index (Phi) is 5.65. The first-order valence-corrected chi connectivity index (χ1v) is 12.7. The predicted octanol–water partition coefficient (Wildman–Crippen LogP) is 0.357. The van der Waals surface area contributed by atoms with E-state index in [9.17, 15) is 30.0 Å². The molecular weight excluding hydrogens is 488 g/mol. The number of hydrogen-bond donors (Lipinski definition) is 4. The van der Waals surface area contributed by atoms with Crippen molar-refractivity contribution in [3.05, 3.63) is 36.3 Å². The summed E-state index contributed by atoms with van der Waals surface area (Å²) in [6, 6.07) is 1.76. The molecule has 202 valence electrons. The van der Waals surface area contributed by atoms with Crippen LogP contribution in [0.3, 0.4) is 0 Å². The minimum Gasteiger partial charge on any atom is -0.472 e. The molecule has 12 atom stereocenters. The molecule has 1 aromatic rings. The van der Waals surface area contributed by atoms with E-state index < -0.39 is 77.8 Å². The molecule has 11 heteroatoms. The summed E-state index contributed by atoms with van der Waals surface area (Å²) in [5.41, 5.74) is -2.45. The van der Waals surface area contributed by atoms with Gasteiger partial charge in [-0.1, -0.05) is 13.8 Å². The van der Waals surface area contributed by atoms with Gasteiger partial charge in [0.25, 0.3) is 0 Å². The summed E-state index contributed by atoms with van der Waals surface area (Å²) in [5.74, 6) is -1.71. The van der Waals surface area contributed by atoms with Gasteiger partial charge in [-0.3, -0.25) is 4.79 Å². The lowest BCUT2D eigenvalue weighted by atomic mass is 9.42. The van der Waals surface area contributed by atoms with Crippen LogP contribution in [0.1, 0.15) is 44.8 Å². The summed E-state index contributed by atoms with van der Waals surface area (Å²) >= 11 is 0. The highest BCUT2D eigenvalue weighted by atomic mass is 16.7. The molecule has 37 heavy (non-hydrogen) atoms. The van der Waals surface area contributed by atoms with E-state index in [2.05, 4.69) is 0 Å². The average Bonchev–Trinajstić information content (AvgIpc) is 3.40. The van der Waals surface area contributed by atoms with Gasteiger partial charge in [0, 0.05) is 16.9 Å². The molecule has 11 nitrogen and oxygen atoms in total. The zero-order chi connectivity index (χ0) is 26.3. The van der Waals surface area contributed by atoms with Crippen molar-refractivity contribution in [2.45, 2.75) is 81.6 Å². The van der Waals surface area contributed by atoms with Gasteiger partial charge in [0.05, 0.1) is 25.1 Å². The van der Waals surface area contributed by atoms with E-state index in [1.165, 1.54) is 6.26 Å². The highest BCUT2D eigenvalue weighted by molar-refractivity contribution is 5.87. The molecule has 4 fully saturated rings. The Morgan fingerprint density at radius 3 is 2.57 bits per heavy atom. The molecule has 5 heterocycles. The molecule has 0 aromatic carbocycles. The maximum Gasteiger partial charge on any atom is 0.343 e. The lowest BCUT2D eigenvalue weighted by Gasteiger charge is -2.67. The van der Waals surface area contributed by atoms with Crippen LogP contribution in [0.25, 0.3) is 0 Å². The van der Waals surface area contributed by atoms with E-state index >= 15 is 0 Å². The van der Waals surface area contributed by atoms with Crippen molar-refractivity contribution in [1.29, 1.82) is 0 Å². The van der Waals surface area contributed by atoms with Crippen molar-refractivity contribution < 1.29 is 53.4 Å². The predicted molar refractivity (Wildman–Crippen MR) is 121 cm³/mol. The second kappa shape index (κ2) is 8.36. The number of esters is 2. The fourth-order valence-electron chi connectivity index (χ4n) is 7.71. The van der Waals surface area contributed by atoms with Crippen LogP contribution >= 0.6 is 0 Å². The molecule has 3 saturated heterocycles. The molecule has 4 aliphatic heterocycles.